The molecule has 0 amide bonds. The van der Waals surface area contributed by atoms with E-state index in [9.17, 15) is 4.79 Å². The van der Waals surface area contributed by atoms with Crippen LogP contribution in [0.25, 0.3) is 11.0 Å². The van der Waals surface area contributed by atoms with Gasteiger partial charge in [-0.2, -0.15) is 0 Å². The SMILES string of the molecule is O=C(CN1Cc2ccccc2C1)c1cc2ccccc2o1. The summed E-state index contributed by atoms with van der Waals surface area (Å²) in [5, 5.41) is 0.977. The minimum atomic E-state index is 0.0407. The summed E-state index contributed by atoms with van der Waals surface area (Å²) < 4.78 is 5.64. The molecule has 0 N–H and O–H groups in total. The number of ketones is 1. The first-order chi connectivity index (χ1) is 10.3. The van der Waals surface area contributed by atoms with Gasteiger partial charge in [-0.25, -0.2) is 0 Å². The average molecular weight is 277 g/mol. The minimum absolute atomic E-state index is 0.0407. The Bertz CT molecular complexity index is 761. The maximum Gasteiger partial charge on any atom is 0.211 e. The van der Waals surface area contributed by atoms with Crippen LogP contribution in [-0.4, -0.2) is 17.2 Å². The minimum Gasteiger partial charge on any atom is -0.453 e. The molecule has 2 aromatic carbocycles. The van der Waals surface area contributed by atoms with Crippen LogP contribution in [0.2, 0.25) is 0 Å². The van der Waals surface area contributed by atoms with Crippen molar-refractivity contribution in [3.8, 4) is 0 Å². The molecule has 0 saturated heterocycles. The predicted octanol–water partition coefficient (Wildman–Crippen LogP) is 3.63. The zero-order valence-electron chi connectivity index (χ0n) is 11.6. The van der Waals surface area contributed by atoms with Gasteiger partial charge in [0.25, 0.3) is 0 Å². The Kier molecular flexibility index (Phi) is 2.86. The zero-order chi connectivity index (χ0) is 14.2. The van der Waals surface area contributed by atoms with Crippen LogP contribution in [0.1, 0.15) is 21.7 Å². The fourth-order valence-electron chi connectivity index (χ4n) is 2.92. The molecular formula is C18H15NO2. The number of carbonyl (C=O) groups excluding carboxylic acids is 1. The van der Waals surface area contributed by atoms with E-state index in [0.29, 0.717) is 12.3 Å². The van der Waals surface area contributed by atoms with Crippen LogP contribution in [-0.2, 0) is 13.1 Å². The van der Waals surface area contributed by atoms with Crippen LogP contribution < -0.4 is 0 Å². The first-order valence-corrected chi connectivity index (χ1v) is 7.10. The van der Waals surface area contributed by atoms with Crippen molar-refractivity contribution in [1.29, 1.82) is 0 Å². The lowest BCUT2D eigenvalue weighted by atomic mass is 10.1. The molecule has 0 fully saturated rings. The molecule has 0 bridgehead atoms. The molecule has 21 heavy (non-hydrogen) atoms. The standard InChI is InChI=1S/C18H15NO2/c20-16(18-9-13-5-3-4-8-17(13)21-18)12-19-10-14-6-1-2-7-15(14)11-19/h1-9H,10-12H2. The maximum atomic E-state index is 12.4. The van der Waals surface area contributed by atoms with Crippen LogP contribution >= 0.6 is 0 Å². The first-order valence-electron chi connectivity index (χ1n) is 7.10. The third-order valence-corrected chi connectivity index (χ3v) is 3.97. The summed E-state index contributed by atoms with van der Waals surface area (Å²) in [6.45, 7) is 2.07. The summed E-state index contributed by atoms with van der Waals surface area (Å²) in [4.78, 5) is 14.5. The number of carbonyl (C=O) groups is 1. The Morgan fingerprint density at radius 2 is 1.67 bits per heavy atom. The molecule has 2 heterocycles. The van der Waals surface area contributed by atoms with Crippen molar-refractivity contribution < 1.29 is 9.21 Å². The molecule has 1 aromatic heterocycles. The van der Waals surface area contributed by atoms with Crippen molar-refractivity contribution in [2.75, 3.05) is 6.54 Å². The van der Waals surface area contributed by atoms with Crippen molar-refractivity contribution in [1.82, 2.24) is 4.90 Å². The quantitative estimate of drug-likeness (QED) is 0.685. The Labute approximate surface area is 122 Å². The van der Waals surface area contributed by atoms with Crippen LogP contribution in [0.15, 0.2) is 59.0 Å². The van der Waals surface area contributed by atoms with Crippen molar-refractivity contribution in [3.63, 3.8) is 0 Å². The Morgan fingerprint density at radius 1 is 1.00 bits per heavy atom. The number of hydrogen-bond donors (Lipinski definition) is 0. The van der Waals surface area contributed by atoms with E-state index in [4.69, 9.17) is 4.42 Å². The summed E-state index contributed by atoms with van der Waals surface area (Å²) in [5.41, 5.74) is 3.40. The highest BCUT2D eigenvalue weighted by Gasteiger charge is 2.22. The number of Topliss-reactive ketones (excluding diaryl/α,β-unsaturated/α-hetero) is 1. The summed E-state index contributed by atoms with van der Waals surface area (Å²) in [7, 11) is 0. The van der Waals surface area contributed by atoms with Gasteiger partial charge < -0.3 is 4.42 Å². The highest BCUT2D eigenvalue weighted by molar-refractivity contribution is 5.98. The van der Waals surface area contributed by atoms with Crippen molar-refractivity contribution in [2.45, 2.75) is 13.1 Å². The Balaban J connectivity index is 1.52. The average Bonchev–Trinajstić information content (AvgIpc) is 3.10. The molecule has 0 radical (unpaired) electrons. The van der Waals surface area contributed by atoms with Crippen LogP contribution in [0.5, 0.6) is 0 Å². The van der Waals surface area contributed by atoms with Crippen molar-refractivity contribution >= 4 is 16.8 Å². The second-order valence-electron chi connectivity index (χ2n) is 5.49. The molecule has 0 saturated carbocycles. The van der Waals surface area contributed by atoms with Gasteiger partial charge in [0.2, 0.25) is 5.78 Å². The van der Waals surface area contributed by atoms with Gasteiger partial charge in [0, 0.05) is 18.5 Å². The van der Waals surface area contributed by atoms with E-state index in [1.54, 1.807) is 0 Å². The molecule has 0 aliphatic carbocycles. The number of benzene rings is 2. The topological polar surface area (TPSA) is 33.5 Å². The highest BCUT2D eigenvalue weighted by Crippen LogP contribution is 2.24. The normalized spacial score (nSPS) is 14.5. The molecule has 0 atom stereocenters. The van der Waals surface area contributed by atoms with Crippen molar-refractivity contribution in [2.24, 2.45) is 0 Å². The number of nitrogens with zero attached hydrogens (tertiary/aromatic N) is 1. The summed E-state index contributed by atoms with van der Waals surface area (Å²) in [6.07, 6.45) is 0. The van der Waals surface area contributed by atoms with E-state index in [-0.39, 0.29) is 5.78 Å². The molecule has 3 heteroatoms. The molecule has 1 aliphatic rings. The van der Waals surface area contributed by atoms with Gasteiger partial charge in [0.1, 0.15) is 5.58 Å². The Hall–Kier alpha value is -2.39. The predicted molar refractivity (Wildman–Crippen MR) is 81.1 cm³/mol. The van der Waals surface area contributed by atoms with Crippen LogP contribution in [0.4, 0.5) is 0 Å². The molecule has 3 aromatic rings. The molecule has 0 spiro atoms. The third-order valence-electron chi connectivity index (χ3n) is 3.97. The molecule has 1 aliphatic heterocycles. The number of rotatable bonds is 3. The van der Waals surface area contributed by atoms with E-state index in [1.165, 1.54) is 11.1 Å². The van der Waals surface area contributed by atoms with Gasteiger partial charge in [0.05, 0.1) is 6.54 Å². The smallest absolute Gasteiger partial charge is 0.211 e. The lowest BCUT2D eigenvalue weighted by Crippen LogP contribution is -2.24. The van der Waals surface area contributed by atoms with Crippen LogP contribution in [0, 0.1) is 0 Å². The monoisotopic (exact) mass is 277 g/mol. The van der Waals surface area contributed by atoms with Gasteiger partial charge in [-0.3, -0.25) is 9.69 Å². The number of furan rings is 1. The summed E-state index contributed by atoms with van der Waals surface area (Å²) in [6, 6.07) is 17.9. The number of hydrogen-bond acceptors (Lipinski definition) is 3. The molecule has 4 rings (SSSR count). The van der Waals surface area contributed by atoms with Gasteiger partial charge in [0.15, 0.2) is 5.76 Å². The van der Waals surface area contributed by atoms with E-state index in [0.717, 1.165) is 24.1 Å². The molecular weight excluding hydrogens is 262 g/mol. The Morgan fingerprint density at radius 3 is 2.38 bits per heavy atom. The first kappa shape index (κ1) is 12.4. The zero-order valence-corrected chi connectivity index (χ0v) is 11.6. The van der Waals surface area contributed by atoms with E-state index in [1.807, 2.05) is 42.5 Å². The molecule has 104 valence electrons. The lowest BCUT2D eigenvalue weighted by Gasteiger charge is -2.12. The number of para-hydroxylation sites is 1. The third kappa shape index (κ3) is 2.26. The summed E-state index contributed by atoms with van der Waals surface area (Å²) >= 11 is 0. The molecule has 0 unspecified atom stereocenters. The van der Waals surface area contributed by atoms with E-state index < -0.39 is 0 Å². The van der Waals surface area contributed by atoms with Gasteiger partial charge >= 0.3 is 0 Å². The summed E-state index contributed by atoms with van der Waals surface area (Å²) in [5.74, 6) is 0.492. The highest BCUT2D eigenvalue weighted by atomic mass is 16.3. The van der Waals surface area contributed by atoms with E-state index in [2.05, 4.69) is 17.0 Å². The lowest BCUT2D eigenvalue weighted by molar-refractivity contribution is 0.0904. The van der Waals surface area contributed by atoms with E-state index >= 15 is 0 Å². The largest absolute Gasteiger partial charge is 0.453 e. The maximum absolute atomic E-state index is 12.4. The van der Waals surface area contributed by atoms with Gasteiger partial charge in [-0.1, -0.05) is 42.5 Å². The van der Waals surface area contributed by atoms with Crippen LogP contribution in [0.3, 0.4) is 0 Å². The van der Waals surface area contributed by atoms with Crippen molar-refractivity contribution in [3.05, 3.63) is 71.5 Å². The fourth-order valence-corrected chi connectivity index (χ4v) is 2.92. The number of fused-ring (bicyclic) bond motifs is 2. The van der Waals surface area contributed by atoms with Gasteiger partial charge in [-0.05, 0) is 23.3 Å². The fraction of sp³-hybridized carbons (Fsp3) is 0.167. The second kappa shape index (κ2) is 4.86. The second-order valence-corrected chi connectivity index (χ2v) is 5.49. The van der Waals surface area contributed by atoms with Gasteiger partial charge in [-0.15, -0.1) is 0 Å². The molecule has 3 nitrogen and oxygen atoms in total.